The highest BCUT2D eigenvalue weighted by Crippen LogP contribution is 2.28. The zero-order valence-corrected chi connectivity index (χ0v) is 11.2. The Hall–Kier alpha value is -3.13. The summed E-state index contributed by atoms with van der Waals surface area (Å²) in [7, 11) is 1.63. The summed E-state index contributed by atoms with van der Waals surface area (Å²) >= 11 is 0. The van der Waals surface area contributed by atoms with Crippen molar-refractivity contribution < 1.29 is 4.74 Å². The van der Waals surface area contributed by atoms with Crippen molar-refractivity contribution in [2.24, 2.45) is 0 Å². The van der Waals surface area contributed by atoms with Crippen LogP contribution < -0.4 is 4.74 Å². The van der Waals surface area contributed by atoms with Gasteiger partial charge in [-0.05, 0) is 18.2 Å². The molecule has 0 bridgehead atoms. The first kappa shape index (κ1) is 11.7. The number of para-hydroxylation sites is 1. The highest BCUT2D eigenvalue weighted by Gasteiger charge is 2.11. The van der Waals surface area contributed by atoms with E-state index in [1.165, 1.54) is 0 Å². The van der Waals surface area contributed by atoms with Gasteiger partial charge in [-0.1, -0.05) is 12.1 Å². The van der Waals surface area contributed by atoms with E-state index in [-0.39, 0.29) is 0 Å². The molecule has 0 saturated heterocycles. The van der Waals surface area contributed by atoms with E-state index in [0.29, 0.717) is 11.2 Å². The van der Waals surface area contributed by atoms with Crippen molar-refractivity contribution in [1.29, 1.82) is 5.26 Å². The summed E-state index contributed by atoms with van der Waals surface area (Å²) in [6.07, 6.45) is 3.48. The van der Waals surface area contributed by atoms with Gasteiger partial charge in [-0.15, -0.1) is 0 Å². The normalized spacial score (nSPS) is 11.0. The van der Waals surface area contributed by atoms with Gasteiger partial charge in [0, 0.05) is 23.2 Å². The van der Waals surface area contributed by atoms with Crippen LogP contribution in [0.15, 0.2) is 42.7 Å². The number of nitrogens with zero attached hydrogens (tertiary/aromatic N) is 4. The fourth-order valence-electron chi connectivity index (χ4n) is 2.62. The molecule has 5 heteroatoms. The Morgan fingerprint density at radius 3 is 2.90 bits per heavy atom. The number of nitriles is 1. The molecule has 0 radical (unpaired) electrons. The van der Waals surface area contributed by atoms with Gasteiger partial charge >= 0.3 is 0 Å². The third kappa shape index (κ3) is 1.56. The van der Waals surface area contributed by atoms with E-state index in [4.69, 9.17) is 9.72 Å². The molecule has 0 aliphatic carbocycles. The fourth-order valence-corrected chi connectivity index (χ4v) is 2.62. The van der Waals surface area contributed by atoms with Crippen molar-refractivity contribution in [2.75, 3.05) is 7.11 Å². The van der Waals surface area contributed by atoms with E-state index in [1.54, 1.807) is 13.3 Å². The van der Waals surface area contributed by atoms with Crippen LogP contribution in [0, 0.1) is 11.3 Å². The summed E-state index contributed by atoms with van der Waals surface area (Å²) in [6.45, 7) is 0. The van der Waals surface area contributed by atoms with Gasteiger partial charge in [0.2, 0.25) is 0 Å². The molecule has 5 nitrogen and oxygen atoms in total. The summed E-state index contributed by atoms with van der Waals surface area (Å²) in [4.78, 5) is 8.94. The monoisotopic (exact) mass is 274 g/mol. The second-order valence-corrected chi connectivity index (χ2v) is 4.72. The van der Waals surface area contributed by atoms with Crippen LogP contribution in [0.25, 0.3) is 27.6 Å². The zero-order valence-electron chi connectivity index (χ0n) is 11.2. The smallest absolute Gasteiger partial charge is 0.156 e. The summed E-state index contributed by atoms with van der Waals surface area (Å²) in [5.74, 6) is 0.729. The summed E-state index contributed by atoms with van der Waals surface area (Å²) < 4.78 is 7.21. The van der Waals surface area contributed by atoms with Crippen molar-refractivity contribution >= 4 is 27.6 Å². The zero-order chi connectivity index (χ0) is 14.4. The molecular formula is C16H10N4O. The highest BCUT2D eigenvalue weighted by molar-refractivity contribution is 5.95. The molecule has 0 N–H and O–H groups in total. The van der Waals surface area contributed by atoms with E-state index >= 15 is 0 Å². The number of rotatable bonds is 1. The standard InChI is InChI=1S/C16H10N4O/c1-21-13-4-2-3-10-7-11-8-12(9-17)15-18-5-6-20(15)16(11)19-14(10)13/h2-8H,1H3. The first-order chi connectivity index (χ1) is 10.3. The van der Waals surface area contributed by atoms with E-state index in [1.807, 2.05) is 40.9 Å². The molecular weight excluding hydrogens is 264 g/mol. The highest BCUT2D eigenvalue weighted by atomic mass is 16.5. The number of hydrogen-bond donors (Lipinski definition) is 0. The predicted octanol–water partition coefficient (Wildman–Crippen LogP) is 2.92. The van der Waals surface area contributed by atoms with Gasteiger partial charge in [-0.25, -0.2) is 9.97 Å². The molecule has 0 atom stereocenters. The minimum Gasteiger partial charge on any atom is -0.494 e. The molecule has 4 aromatic rings. The lowest BCUT2D eigenvalue weighted by Gasteiger charge is -2.08. The van der Waals surface area contributed by atoms with Crippen LogP contribution in [-0.2, 0) is 0 Å². The lowest BCUT2D eigenvalue weighted by Crippen LogP contribution is -1.96. The second kappa shape index (κ2) is 4.18. The van der Waals surface area contributed by atoms with E-state index < -0.39 is 0 Å². The van der Waals surface area contributed by atoms with Gasteiger partial charge in [-0.3, -0.25) is 4.40 Å². The van der Waals surface area contributed by atoms with Crippen molar-refractivity contribution in [2.45, 2.75) is 0 Å². The van der Waals surface area contributed by atoms with Gasteiger partial charge in [0.15, 0.2) is 5.65 Å². The minimum absolute atomic E-state index is 0.538. The Morgan fingerprint density at radius 1 is 1.19 bits per heavy atom. The summed E-state index contributed by atoms with van der Waals surface area (Å²) in [5.41, 5.74) is 2.72. The Labute approximate surface area is 120 Å². The summed E-state index contributed by atoms with van der Waals surface area (Å²) in [6, 6.07) is 11.8. The number of benzene rings is 1. The molecule has 0 aliphatic rings. The molecule has 0 amide bonds. The number of imidazole rings is 1. The van der Waals surface area contributed by atoms with Crippen LogP contribution in [-0.4, -0.2) is 21.5 Å². The Balaban J connectivity index is 2.25. The number of methoxy groups -OCH3 is 1. The van der Waals surface area contributed by atoms with Gasteiger partial charge in [-0.2, -0.15) is 5.26 Å². The molecule has 3 aromatic heterocycles. The lowest BCUT2D eigenvalue weighted by molar-refractivity contribution is 0.419. The number of fused-ring (bicyclic) bond motifs is 4. The largest absolute Gasteiger partial charge is 0.494 e. The molecule has 0 aliphatic heterocycles. The predicted molar refractivity (Wildman–Crippen MR) is 79.3 cm³/mol. The fraction of sp³-hybridized carbons (Fsp3) is 0.0625. The molecule has 1 aromatic carbocycles. The van der Waals surface area contributed by atoms with Crippen LogP contribution in [0.5, 0.6) is 5.75 Å². The molecule has 21 heavy (non-hydrogen) atoms. The Morgan fingerprint density at radius 2 is 2.10 bits per heavy atom. The van der Waals surface area contributed by atoms with Crippen molar-refractivity contribution in [3.8, 4) is 11.8 Å². The van der Waals surface area contributed by atoms with E-state index in [2.05, 4.69) is 11.1 Å². The average Bonchev–Trinajstić information content (AvgIpc) is 3.01. The molecule has 3 heterocycles. The minimum atomic E-state index is 0.538. The first-order valence-corrected chi connectivity index (χ1v) is 6.45. The van der Waals surface area contributed by atoms with Crippen LogP contribution in [0.4, 0.5) is 0 Å². The van der Waals surface area contributed by atoms with Crippen LogP contribution >= 0.6 is 0 Å². The molecule has 100 valence electrons. The second-order valence-electron chi connectivity index (χ2n) is 4.72. The molecule has 0 spiro atoms. The van der Waals surface area contributed by atoms with Gasteiger partial charge < -0.3 is 4.74 Å². The van der Waals surface area contributed by atoms with E-state index in [0.717, 1.165) is 27.7 Å². The number of pyridine rings is 2. The Bertz CT molecular complexity index is 1040. The third-order valence-electron chi connectivity index (χ3n) is 3.57. The van der Waals surface area contributed by atoms with Gasteiger partial charge in [0.1, 0.15) is 23.0 Å². The van der Waals surface area contributed by atoms with Gasteiger partial charge in [0.05, 0.1) is 12.7 Å². The maximum Gasteiger partial charge on any atom is 0.156 e. The first-order valence-electron chi connectivity index (χ1n) is 6.45. The summed E-state index contributed by atoms with van der Waals surface area (Å²) in [5, 5.41) is 11.1. The van der Waals surface area contributed by atoms with Crippen molar-refractivity contribution in [3.63, 3.8) is 0 Å². The number of aromatic nitrogens is 3. The van der Waals surface area contributed by atoms with Crippen LogP contribution in [0.2, 0.25) is 0 Å². The average molecular weight is 274 g/mol. The van der Waals surface area contributed by atoms with Crippen molar-refractivity contribution in [1.82, 2.24) is 14.4 Å². The molecule has 0 unspecified atom stereocenters. The molecule has 4 rings (SSSR count). The van der Waals surface area contributed by atoms with Crippen molar-refractivity contribution in [3.05, 3.63) is 48.3 Å². The lowest BCUT2D eigenvalue weighted by atomic mass is 10.1. The maximum atomic E-state index is 9.27. The number of hydrogen-bond acceptors (Lipinski definition) is 4. The molecule has 0 fully saturated rings. The third-order valence-corrected chi connectivity index (χ3v) is 3.57. The SMILES string of the molecule is COc1cccc2cc3cc(C#N)c4nccn4c3nc12. The molecule has 0 saturated carbocycles. The maximum absolute atomic E-state index is 9.27. The van der Waals surface area contributed by atoms with Crippen LogP contribution in [0.1, 0.15) is 5.56 Å². The van der Waals surface area contributed by atoms with Gasteiger partial charge in [0.25, 0.3) is 0 Å². The van der Waals surface area contributed by atoms with Crippen LogP contribution in [0.3, 0.4) is 0 Å². The quantitative estimate of drug-likeness (QED) is 0.501. The number of ether oxygens (including phenoxy) is 1. The topological polar surface area (TPSA) is 63.2 Å². The Kier molecular flexibility index (Phi) is 2.33. The van der Waals surface area contributed by atoms with E-state index in [9.17, 15) is 5.26 Å².